The first-order chi connectivity index (χ1) is 7.82. The summed E-state index contributed by atoms with van der Waals surface area (Å²) in [6.45, 7) is 12.5. The van der Waals surface area contributed by atoms with Gasteiger partial charge in [-0.05, 0) is 19.9 Å². The molecule has 0 radical (unpaired) electrons. The van der Waals surface area contributed by atoms with Crippen LogP contribution in [0.2, 0.25) is 19.1 Å². The van der Waals surface area contributed by atoms with E-state index < -0.39 is 8.07 Å². The highest BCUT2D eigenvalue weighted by Crippen LogP contribution is 2.33. The zero-order valence-electron chi connectivity index (χ0n) is 11.3. The predicted octanol–water partition coefficient (Wildman–Crippen LogP) is 3.38. The molecule has 0 N–H and O–H groups in total. The molecular formula is C15H22OSi. The van der Waals surface area contributed by atoms with Crippen LogP contribution in [0.5, 0.6) is 0 Å². The third kappa shape index (κ3) is 3.16. The molecule has 0 fully saturated rings. The normalized spacial score (nSPS) is 15.1. The minimum absolute atomic E-state index is 0.383. The van der Waals surface area contributed by atoms with Crippen molar-refractivity contribution in [2.45, 2.75) is 33.0 Å². The number of carbonyl (C=O) groups excluding carboxylic acids is 1. The number of allylic oxidation sites excluding steroid dienone is 1. The molecule has 0 aliphatic carbocycles. The van der Waals surface area contributed by atoms with E-state index in [4.69, 9.17) is 0 Å². The molecule has 0 bridgehead atoms. The van der Waals surface area contributed by atoms with Crippen molar-refractivity contribution in [3.8, 4) is 0 Å². The Morgan fingerprint density at radius 2 is 1.88 bits per heavy atom. The van der Waals surface area contributed by atoms with Crippen LogP contribution >= 0.6 is 0 Å². The minimum Gasteiger partial charge on any atom is -0.302 e. The fraction of sp³-hybridized carbons (Fsp3) is 0.400. The highest BCUT2D eigenvalue weighted by Gasteiger charge is 2.35. The minimum atomic E-state index is -1.59. The Morgan fingerprint density at radius 3 is 2.29 bits per heavy atom. The van der Waals surface area contributed by atoms with Gasteiger partial charge in [-0.2, -0.15) is 0 Å². The molecule has 1 aromatic carbocycles. The standard InChI is InChI=1S/C15H22OSi/c1-13(2)15(3,11-16)12-17(4,5)14-9-7-6-8-10-14/h6-11H,1,12H2,2-5H3. The van der Waals surface area contributed by atoms with Gasteiger partial charge in [0.2, 0.25) is 0 Å². The van der Waals surface area contributed by atoms with E-state index in [1.165, 1.54) is 5.19 Å². The Kier molecular flexibility index (Phi) is 4.10. The molecule has 0 heterocycles. The quantitative estimate of drug-likeness (QED) is 0.442. The lowest BCUT2D eigenvalue weighted by atomic mass is 9.88. The summed E-state index contributed by atoms with van der Waals surface area (Å²) in [7, 11) is -1.59. The van der Waals surface area contributed by atoms with Crippen molar-refractivity contribution in [3.05, 3.63) is 42.5 Å². The summed E-state index contributed by atoms with van der Waals surface area (Å²) >= 11 is 0. The molecule has 1 unspecified atom stereocenters. The van der Waals surface area contributed by atoms with Crippen LogP contribution in [0.1, 0.15) is 13.8 Å². The molecule has 92 valence electrons. The van der Waals surface area contributed by atoms with E-state index in [2.05, 4.69) is 43.9 Å². The molecule has 0 aliphatic heterocycles. The summed E-state index contributed by atoms with van der Waals surface area (Å²) in [5, 5.41) is 1.40. The Hall–Kier alpha value is -1.15. The van der Waals surface area contributed by atoms with Crippen molar-refractivity contribution < 1.29 is 4.79 Å². The average molecular weight is 246 g/mol. The van der Waals surface area contributed by atoms with Gasteiger partial charge in [-0.15, -0.1) is 0 Å². The SMILES string of the molecule is C=C(C)C(C)(C=O)C[Si](C)(C)c1ccccc1. The van der Waals surface area contributed by atoms with Crippen LogP contribution in [0.25, 0.3) is 0 Å². The van der Waals surface area contributed by atoms with Crippen molar-refractivity contribution in [2.24, 2.45) is 5.41 Å². The summed E-state index contributed by atoms with van der Waals surface area (Å²) in [6.07, 6.45) is 1.06. The van der Waals surface area contributed by atoms with E-state index in [-0.39, 0.29) is 5.41 Å². The van der Waals surface area contributed by atoms with Crippen molar-refractivity contribution in [3.63, 3.8) is 0 Å². The monoisotopic (exact) mass is 246 g/mol. The second-order valence-electron chi connectivity index (χ2n) is 5.74. The molecule has 0 amide bonds. The lowest BCUT2D eigenvalue weighted by Gasteiger charge is -2.33. The molecule has 0 aliphatic rings. The maximum Gasteiger partial charge on any atom is 0.129 e. The number of hydrogen-bond acceptors (Lipinski definition) is 1. The van der Waals surface area contributed by atoms with Crippen LogP contribution < -0.4 is 5.19 Å². The highest BCUT2D eigenvalue weighted by molar-refractivity contribution is 6.90. The van der Waals surface area contributed by atoms with Gasteiger partial charge < -0.3 is 4.79 Å². The molecule has 0 spiro atoms. The predicted molar refractivity (Wildman–Crippen MR) is 77.4 cm³/mol. The summed E-state index contributed by atoms with van der Waals surface area (Å²) in [6, 6.07) is 11.5. The van der Waals surface area contributed by atoms with Crippen LogP contribution in [0.15, 0.2) is 42.5 Å². The lowest BCUT2D eigenvalue weighted by Crippen LogP contribution is -2.45. The van der Waals surface area contributed by atoms with E-state index in [0.717, 1.165) is 17.9 Å². The number of hydrogen-bond donors (Lipinski definition) is 0. The van der Waals surface area contributed by atoms with Gasteiger partial charge in [0, 0.05) is 5.41 Å². The molecular weight excluding hydrogens is 224 g/mol. The second-order valence-corrected chi connectivity index (χ2v) is 10.4. The van der Waals surface area contributed by atoms with Gasteiger partial charge >= 0.3 is 0 Å². The van der Waals surface area contributed by atoms with Gasteiger partial charge in [-0.1, -0.05) is 60.8 Å². The Labute approximate surface area is 106 Å². The van der Waals surface area contributed by atoms with Crippen LogP contribution in [-0.2, 0) is 4.79 Å². The zero-order chi connectivity index (χ0) is 13.1. The van der Waals surface area contributed by atoms with Crippen molar-refractivity contribution in [1.29, 1.82) is 0 Å². The Morgan fingerprint density at radius 1 is 1.35 bits per heavy atom. The maximum absolute atomic E-state index is 11.3. The molecule has 0 saturated heterocycles. The van der Waals surface area contributed by atoms with E-state index >= 15 is 0 Å². The molecule has 1 nitrogen and oxygen atoms in total. The van der Waals surface area contributed by atoms with Gasteiger partial charge in [-0.3, -0.25) is 0 Å². The first kappa shape index (κ1) is 13.9. The van der Waals surface area contributed by atoms with Crippen LogP contribution in [0.4, 0.5) is 0 Å². The third-order valence-corrected chi connectivity index (χ3v) is 7.11. The van der Waals surface area contributed by atoms with E-state index in [0.29, 0.717) is 0 Å². The summed E-state index contributed by atoms with van der Waals surface area (Å²) in [4.78, 5) is 11.3. The smallest absolute Gasteiger partial charge is 0.129 e. The Bertz CT molecular complexity index is 408. The van der Waals surface area contributed by atoms with Crippen molar-refractivity contribution >= 4 is 19.5 Å². The van der Waals surface area contributed by atoms with Gasteiger partial charge in [0.05, 0.1) is 8.07 Å². The second kappa shape index (κ2) is 5.01. The average Bonchev–Trinajstić information content (AvgIpc) is 2.29. The molecule has 1 atom stereocenters. The maximum atomic E-state index is 11.3. The molecule has 0 aromatic heterocycles. The van der Waals surface area contributed by atoms with Gasteiger partial charge in [0.25, 0.3) is 0 Å². The Balaban J connectivity index is 3.01. The molecule has 1 aromatic rings. The summed E-state index contributed by atoms with van der Waals surface area (Å²) in [5.41, 5.74) is 0.579. The number of carbonyl (C=O) groups is 1. The van der Waals surface area contributed by atoms with Crippen LogP contribution in [-0.4, -0.2) is 14.4 Å². The molecule has 1 rings (SSSR count). The topological polar surface area (TPSA) is 17.1 Å². The highest BCUT2D eigenvalue weighted by atomic mass is 28.3. The van der Waals surface area contributed by atoms with E-state index in [1.807, 2.05) is 19.9 Å². The summed E-state index contributed by atoms with van der Waals surface area (Å²) in [5.74, 6) is 0. The third-order valence-electron chi connectivity index (χ3n) is 3.60. The molecule has 2 heteroatoms. The van der Waals surface area contributed by atoms with Crippen LogP contribution in [0, 0.1) is 5.41 Å². The fourth-order valence-electron chi connectivity index (χ4n) is 2.20. The van der Waals surface area contributed by atoms with Crippen molar-refractivity contribution in [2.75, 3.05) is 0 Å². The zero-order valence-corrected chi connectivity index (χ0v) is 12.3. The number of rotatable bonds is 5. The van der Waals surface area contributed by atoms with Gasteiger partial charge in [-0.25, -0.2) is 0 Å². The van der Waals surface area contributed by atoms with Gasteiger partial charge in [0.1, 0.15) is 6.29 Å². The number of aldehydes is 1. The lowest BCUT2D eigenvalue weighted by molar-refractivity contribution is -0.113. The fourth-order valence-corrected chi connectivity index (χ4v) is 5.72. The van der Waals surface area contributed by atoms with E-state index in [9.17, 15) is 4.79 Å². The number of benzene rings is 1. The first-order valence-corrected chi connectivity index (χ1v) is 9.20. The summed E-state index contributed by atoms with van der Waals surface area (Å²) < 4.78 is 0. The van der Waals surface area contributed by atoms with E-state index in [1.54, 1.807) is 0 Å². The largest absolute Gasteiger partial charge is 0.302 e. The molecule has 0 saturated carbocycles. The van der Waals surface area contributed by atoms with Crippen molar-refractivity contribution in [1.82, 2.24) is 0 Å². The van der Waals surface area contributed by atoms with Crippen LogP contribution in [0.3, 0.4) is 0 Å². The van der Waals surface area contributed by atoms with Gasteiger partial charge in [0.15, 0.2) is 0 Å². The first-order valence-electron chi connectivity index (χ1n) is 6.00. The molecule has 17 heavy (non-hydrogen) atoms.